The zero-order valence-electron chi connectivity index (χ0n) is 11.0. The van der Waals surface area contributed by atoms with Gasteiger partial charge in [-0.05, 0) is 5.56 Å². The Morgan fingerprint density at radius 1 is 1.20 bits per heavy atom. The molecule has 1 aromatic heterocycles. The van der Waals surface area contributed by atoms with Gasteiger partial charge in [0, 0.05) is 13.1 Å². The van der Waals surface area contributed by atoms with Crippen molar-refractivity contribution in [3.8, 4) is 0 Å². The standard InChI is InChI=1S/C13H16N4OS.ClH/c14-12-17(10-11-4-2-1-3-5-11)15-13(19-12)16-6-8-18-9-7-16;/h1-5,14H,6-10H2;1H. The molecule has 1 aliphatic rings. The van der Waals surface area contributed by atoms with Crippen LogP contribution in [0.4, 0.5) is 5.13 Å². The van der Waals surface area contributed by atoms with Crippen LogP contribution in [0.5, 0.6) is 0 Å². The van der Waals surface area contributed by atoms with Crippen molar-refractivity contribution in [2.45, 2.75) is 6.54 Å². The lowest BCUT2D eigenvalue weighted by Gasteiger charge is -2.25. The second-order valence-corrected chi connectivity index (χ2v) is 5.39. The van der Waals surface area contributed by atoms with Gasteiger partial charge in [-0.1, -0.05) is 41.7 Å². The molecule has 0 aliphatic carbocycles. The van der Waals surface area contributed by atoms with Gasteiger partial charge in [-0.25, -0.2) is 4.68 Å². The van der Waals surface area contributed by atoms with E-state index in [4.69, 9.17) is 10.1 Å². The summed E-state index contributed by atoms with van der Waals surface area (Å²) in [5.41, 5.74) is 1.17. The summed E-state index contributed by atoms with van der Waals surface area (Å²) < 4.78 is 7.09. The lowest BCUT2D eigenvalue weighted by molar-refractivity contribution is 0.122. The van der Waals surface area contributed by atoms with Crippen molar-refractivity contribution in [2.75, 3.05) is 31.2 Å². The summed E-state index contributed by atoms with van der Waals surface area (Å²) in [7, 11) is 0. The number of hydrogen-bond donors (Lipinski definition) is 1. The number of morpholine rings is 1. The van der Waals surface area contributed by atoms with Gasteiger partial charge in [0.05, 0.1) is 19.8 Å². The fraction of sp³-hybridized carbons (Fsp3) is 0.385. The summed E-state index contributed by atoms with van der Waals surface area (Å²) in [6.45, 7) is 3.86. The third-order valence-corrected chi connectivity index (χ3v) is 4.01. The molecular weight excluding hydrogens is 296 g/mol. The topological polar surface area (TPSA) is 54.1 Å². The highest BCUT2D eigenvalue weighted by Crippen LogP contribution is 2.15. The van der Waals surface area contributed by atoms with Crippen LogP contribution in [0.15, 0.2) is 30.3 Å². The van der Waals surface area contributed by atoms with Crippen molar-refractivity contribution >= 4 is 28.9 Å². The third-order valence-electron chi connectivity index (χ3n) is 3.09. The minimum Gasteiger partial charge on any atom is -0.378 e. The van der Waals surface area contributed by atoms with E-state index in [9.17, 15) is 0 Å². The van der Waals surface area contributed by atoms with Crippen LogP contribution in [0.25, 0.3) is 0 Å². The number of aromatic nitrogens is 2. The van der Waals surface area contributed by atoms with Crippen molar-refractivity contribution in [1.29, 1.82) is 5.41 Å². The van der Waals surface area contributed by atoms with Crippen LogP contribution >= 0.6 is 23.7 Å². The predicted octanol–water partition coefficient (Wildman–Crippen LogP) is 1.73. The molecule has 0 saturated carbocycles. The summed E-state index contributed by atoms with van der Waals surface area (Å²) in [6.07, 6.45) is 0. The van der Waals surface area contributed by atoms with Crippen LogP contribution in [0.2, 0.25) is 0 Å². The average Bonchev–Trinajstić information content (AvgIpc) is 2.82. The lowest BCUT2D eigenvalue weighted by Crippen LogP contribution is -2.36. The molecule has 2 heterocycles. The van der Waals surface area contributed by atoms with E-state index in [0.717, 1.165) is 31.4 Å². The van der Waals surface area contributed by atoms with Gasteiger partial charge < -0.3 is 9.64 Å². The van der Waals surface area contributed by atoms with Gasteiger partial charge >= 0.3 is 0 Å². The highest BCUT2D eigenvalue weighted by molar-refractivity contribution is 7.12. The van der Waals surface area contributed by atoms with Crippen molar-refractivity contribution in [2.24, 2.45) is 0 Å². The summed E-state index contributed by atoms with van der Waals surface area (Å²) in [5, 5.41) is 13.5. The van der Waals surface area contributed by atoms with E-state index in [1.165, 1.54) is 16.9 Å². The number of nitrogens with zero attached hydrogens (tertiary/aromatic N) is 3. The molecule has 1 saturated heterocycles. The minimum absolute atomic E-state index is 0. The molecule has 2 aromatic rings. The number of halogens is 1. The van der Waals surface area contributed by atoms with Crippen LogP contribution < -0.4 is 9.70 Å². The number of anilines is 1. The molecular formula is C13H17ClN4OS. The average molecular weight is 313 g/mol. The first-order valence-corrected chi connectivity index (χ1v) is 7.14. The second kappa shape index (κ2) is 6.88. The molecule has 0 atom stereocenters. The first-order chi connectivity index (χ1) is 9.33. The van der Waals surface area contributed by atoms with Gasteiger partial charge in [0.25, 0.3) is 0 Å². The third kappa shape index (κ3) is 3.39. The molecule has 108 valence electrons. The number of nitrogens with one attached hydrogen (secondary N) is 1. The van der Waals surface area contributed by atoms with Crippen molar-refractivity contribution in [3.63, 3.8) is 0 Å². The van der Waals surface area contributed by atoms with Gasteiger partial charge in [0.2, 0.25) is 9.93 Å². The Labute approximate surface area is 127 Å². The smallest absolute Gasteiger partial charge is 0.208 e. The highest BCUT2D eigenvalue weighted by Gasteiger charge is 2.15. The van der Waals surface area contributed by atoms with Crippen LogP contribution in [0.1, 0.15) is 5.56 Å². The second-order valence-electron chi connectivity index (χ2n) is 4.43. The quantitative estimate of drug-likeness (QED) is 0.939. The molecule has 7 heteroatoms. The van der Waals surface area contributed by atoms with Crippen LogP contribution in [0, 0.1) is 5.41 Å². The maximum atomic E-state index is 8.02. The molecule has 0 amide bonds. The predicted molar refractivity (Wildman–Crippen MR) is 81.8 cm³/mol. The Morgan fingerprint density at radius 3 is 2.60 bits per heavy atom. The number of ether oxygens (including phenoxy) is 1. The molecule has 3 rings (SSSR count). The van der Waals surface area contributed by atoms with Crippen molar-refractivity contribution < 1.29 is 4.74 Å². The van der Waals surface area contributed by atoms with E-state index < -0.39 is 0 Å². The first kappa shape index (κ1) is 15.0. The maximum Gasteiger partial charge on any atom is 0.208 e. The summed E-state index contributed by atoms with van der Waals surface area (Å²) >= 11 is 1.43. The molecule has 1 N–H and O–H groups in total. The normalized spacial score (nSPS) is 14.9. The minimum atomic E-state index is 0. The van der Waals surface area contributed by atoms with E-state index in [1.54, 1.807) is 4.68 Å². The number of benzene rings is 1. The van der Waals surface area contributed by atoms with Gasteiger partial charge in [0.15, 0.2) is 0 Å². The molecule has 0 unspecified atom stereocenters. The molecule has 0 bridgehead atoms. The molecule has 1 fully saturated rings. The number of hydrogen-bond acceptors (Lipinski definition) is 5. The summed E-state index contributed by atoms with van der Waals surface area (Å²) in [5.74, 6) is 0. The molecule has 20 heavy (non-hydrogen) atoms. The number of rotatable bonds is 3. The largest absolute Gasteiger partial charge is 0.378 e. The van der Waals surface area contributed by atoms with E-state index in [0.29, 0.717) is 11.3 Å². The Bertz CT molecular complexity index is 592. The molecule has 0 spiro atoms. The van der Waals surface area contributed by atoms with E-state index in [1.807, 2.05) is 18.2 Å². The van der Waals surface area contributed by atoms with Crippen LogP contribution in [0.3, 0.4) is 0 Å². The zero-order chi connectivity index (χ0) is 13.1. The van der Waals surface area contributed by atoms with E-state index in [2.05, 4.69) is 22.1 Å². The van der Waals surface area contributed by atoms with E-state index >= 15 is 0 Å². The monoisotopic (exact) mass is 312 g/mol. The van der Waals surface area contributed by atoms with Gasteiger partial charge in [-0.2, -0.15) is 0 Å². The fourth-order valence-corrected chi connectivity index (χ4v) is 2.89. The Hall–Kier alpha value is -1.37. The Balaban J connectivity index is 0.00000147. The molecule has 0 radical (unpaired) electrons. The molecule has 5 nitrogen and oxygen atoms in total. The fourth-order valence-electron chi connectivity index (χ4n) is 2.05. The van der Waals surface area contributed by atoms with Crippen LogP contribution in [-0.4, -0.2) is 36.1 Å². The maximum absolute atomic E-state index is 8.02. The Morgan fingerprint density at radius 2 is 1.90 bits per heavy atom. The first-order valence-electron chi connectivity index (χ1n) is 6.32. The summed E-state index contributed by atoms with van der Waals surface area (Å²) in [4.78, 5) is 2.68. The lowest BCUT2D eigenvalue weighted by atomic mass is 10.2. The Kier molecular flexibility index (Phi) is 5.17. The van der Waals surface area contributed by atoms with Gasteiger partial charge in [-0.15, -0.1) is 17.5 Å². The van der Waals surface area contributed by atoms with E-state index in [-0.39, 0.29) is 12.4 Å². The molecule has 1 aliphatic heterocycles. The zero-order valence-corrected chi connectivity index (χ0v) is 12.6. The summed E-state index contributed by atoms with van der Waals surface area (Å²) in [6, 6.07) is 10.1. The SMILES string of the molecule is Cl.N=c1sc(N2CCOCC2)nn1Cc1ccccc1. The van der Waals surface area contributed by atoms with Crippen LogP contribution in [-0.2, 0) is 11.3 Å². The van der Waals surface area contributed by atoms with Crippen molar-refractivity contribution in [3.05, 3.63) is 40.7 Å². The van der Waals surface area contributed by atoms with Gasteiger partial charge in [0.1, 0.15) is 0 Å². The highest BCUT2D eigenvalue weighted by atomic mass is 35.5. The van der Waals surface area contributed by atoms with Gasteiger partial charge in [-0.3, -0.25) is 5.41 Å². The van der Waals surface area contributed by atoms with Crippen molar-refractivity contribution in [1.82, 2.24) is 9.78 Å². The molecule has 1 aromatic carbocycles.